The van der Waals surface area contributed by atoms with Gasteiger partial charge in [-0.3, -0.25) is 9.88 Å². The van der Waals surface area contributed by atoms with Gasteiger partial charge in [-0.25, -0.2) is 0 Å². The molecule has 1 N–H and O–H groups in total. The Kier molecular flexibility index (Phi) is 9.28. The number of hydrogen-bond donors (Lipinski definition) is 1. The molecule has 0 unspecified atom stereocenters. The summed E-state index contributed by atoms with van der Waals surface area (Å²) in [5, 5.41) is 20.1. The Morgan fingerprint density at radius 1 is 1.11 bits per heavy atom. The second-order valence-corrected chi connectivity index (χ2v) is 8.94. The van der Waals surface area contributed by atoms with Gasteiger partial charge in [0, 0.05) is 32.0 Å². The molecule has 188 valence electrons. The SMILES string of the molecule is C[C@H](Oc1ccc(-c2ccc(OCCN3CCOCC3)c(C#N)c2)cc1)[C@H](O)CCc1cccnc1. The van der Waals surface area contributed by atoms with Gasteiger partial charge in [-0.15, -0.1) is 0 Å². The van der Waals surface area contributed by atoms with E-state index in [2.05, 4.69) is 16.0 Å². The molecule has 0 radical (unpaired) electrons. The number of benzene rings is 2. The molecule has 4 rings (SSSR count). The number of nitriles is 1. The normalized spacial score (nSPS) is 15.6. The molecular weight excluding hydrogens is 454 g/mol. The van der Waals surface area contributed by atoms with Crippen LogP contribution in [0.25, 0.3) is 11.1 Å². The zero-order valence-corrected chi connectivity index (χ0v) is 20.7. The highest BCUT2D eigenvalue weighted by Crippen LogP contribution is 2.28. The van der Waals surface area contributed by atoms with Gasteiger partial charge in [-0.2, -0.15) is 5.26 Å². The summed E-state index contributed by atoms with van der Waals surface area (Å²) in [5.74, 6) is 1.29. The van der Waals surface area contributed by atoms with Crippen LogP contribution >= 0.6 is 0 Å². The summed E-state index contributed by atoms with van der Waals surface area (Å²) in [4.78, 5) is 6.41. The maximum atomic E-state index is 10.5. The zero-order valence-electron chi connectivity index (χ0n) is 20.7. The van der Waals surface area contributed by atoms with Gasteiger partial charge in [-0.1, -0.05) is 24.3 Å². The van der Waals surface area contributed by atoms with E-state index in [1.54, 1.807) is 6.20 Å². The number of aromatic nitrogens is 1. The summed E-state index contributed by atoms with van der Waals surface area (Å²) in [5.41, 5.74) is 3.52. The van der Waals surface area contributed by atoms with Crippen LogP contribution in [0.4, 0.5) is 0 Å². The second-order valence-electron chi connectivity index (χ2n) is 8.94. The van der Waals surface area contributed by atoms with Crippen LogP contribution in [0, 0.1) is 11.3 Å². The summed E-state index contributed by atoms with van der Waals surface area (Å²) >= 11 is 0. The number of ether oxygens (including phenoxy) is 3. The van der Waals surface area contributed by atoms with Crippen molar-refractivity contribution in [2.75, 3.05) is 39.5 Å². The van der Waals surface area contributed by atoms with Crippen LogP contribution in [-0.4, -0.2) is 66.7 Å². The summed E-state index contributed by atoms with van der Waals surface area (Å²) < 4.78 is 17.2. The van der Waals surface area contributed by atoms with Crippen molar-refractivity contribution in [1.29, 1.82) is 5.26 Å². The number of hydrogen-bond acceptors (Lipinski definition) is 7. The molecule has 2 aromatic carbocycles. The molecule has 0 saturated carbocycles. The van der Waals surface area contributed by atoms with E-state index >= 15 is 0 Å². The van der Waals surface area contributed by atoms with Gasteiger partial charge in [0.25, 0.3) is 0 Å². The molecule has 1 fully saturated rings. The average molecular weight is 488 g/mol. The third kappa shape index (κ3) is 7.28. The number of pyridine rings is 1. The minimum atomic E-state index is -0.584. The van der Waals surface area contributed by atoms with Gasteiger partial charge in [0.15, 0.2) is 0 Å². The smallest absolute Gasteiger partial charge is 0.137 e. The number of aliphatic hydroxyl groups excluding tert-OH is 1. The van der Waals surface area contributed by atoms with E-state index in [9.17, 15) is 10.4 Å². The molecule has 0 bridgehead atoms. The highest BCUT2D eigenvalue weighted by Gasteiger charge is 2.16. The lowest BCUT2D eigenvalue weighted by atomic mass is 10.0. The maximum absolute atomic E-state index is 10.5. The minimum Gasteiger partial charge on any atom is -0.491 e. The van der Waals surface area contributed by atoms with E-state index in [1.165, 1.54) is 0 Å². The van der Waals surface area contributed by atoms with E-state index in [0.29, 0.717) is 30.1 Å². The Morgan fingerprint density at radius 2 is 1.89 bits per heavy atom. The molecule has 1 aliphatic rings. The molecule has 1 aliphatic heterocycles. The monoisotopic (exact) mass is 487 g/mol. The van der Waals surface area contributed by atoms with Crippen molar-refractivity contribution in [1.82, 2.24) is 9.88 Å². The summed E-state index contributed by atoms with van der Waals surface area (Å²) in [6.45, 7) is 6.56. The van der Waals surface area contributed by atoms with E-state index in [1.807, 2.05) is 67.7 Å². The highest BCUT2D eigenvalue weighted by atomic mass is 16.5. The highest BCUT2D eigenvalue weighted by molar-refractivity contribution is 5.67. The first-order valence-corrected chi connectivity index (χ1v) is 12.4. The average Bonchev–Trinajstić information content (AvgIpc) is 2.93. The van der Waals surface area contributed by atoms with Gasteiger partial charge in [0.05, 0.1) is 24.9 Å². The third-order valence-electron chi connectivity index (χ3n) is 6.37. The molecular formula is C29H33N3O4. The molecule has 3 aromatic rings. The standard InChI is InChI=1S/C29H33N3O4/c1-22(28(33)10-4-23-3-2-12-31-21-23)36-27-8-5-24(6-9-27)25-7-11-29(26(19-25)20-30)35-18-15-32-13-16-34-17-14-32/h2-3,5-9,11-12,19,21-22,28,33H,4,10,13-18H2,1H3/t22-,28+/m0/s1. The predicted octanol–water partition coefficient (Wildman–Crippen LogP) is 4.09. The van der Waals surface area contributed by atoms with Crippen LogP contribution in [0.3, 0.4) is 0 Å². The predicted molar refractivity (Wildman–Crippen MR) is 138 cm³/mol. The van der Waals surface area contributed by atoms with Gasteiger partial charge in [-0.05, 0) is 66.8 Å². The molecule has 0 aliphatic carbocycles. The molecule has 7 heteroatoms. The van der Waals surface area contributed by atoms with Crippen molar-refractivity contribution in [3.05, 3.63) is 78.1 Å². The van der Waals surface area contributed by atoms with Crippen LogP contribution in [0.5, 0.6) is 11.5 Å². The van der Waals surface area contributed by atoms with Crippen molar-refractivity contribution in [2.24, 2.45) is 0 Å². The fourth-order valence-corrected chi connectivity index (χ4v) is 4.15. The Hall–Kier alpha value is -3.44. The lowest BCUT2D eigenvalue weighted by Gasteiger charge is -2.26. The number of morpholine rings is 1. The Bertz CT molecular complexity index is 1130. The Labute approximate surface area is 212 Å². The topological polar surface area (TPSA) is 87.8 Å². The number of rotatable bonds is 11. The number of nitrogens with zero attached hydrogens (tertiary/aromatic N) is 3. The summed E-state index contributed by atoms with van der Waals surface area (Å²) in [6, 6.07) is 19.5. The molecule has 0 spiro atoms. The van der Waals surface area contributed by atoms with Crippen LogP contribution < -0.4 is 9.47 Å². The largest absolute Gasteiger partial charge is 0.491 e. The van der Waals surface area contributed by atoms with Crippen molar-refractivity contribution in [3.63, 3.8) is 0 Å². The van der Waals surface area contributed by atoms with Crippen LogP contribution in [0.15, 0.2) is 67.0 Å². The van der Waals surface area contributed by atoms with E-state index in [-0.39, 0.29) is 6.10 Å². The molecule has 2 heterocycles. The van der Waals surface area contributed by atoms with E-state index < -0.39 is 6.10 Å². The fraction of sp³-hybridized carbons (Fsp3) is 0.379. The van der Waals surface area contributed by atoms with E-state index in [4.69, 9.17) is 14.2 Å². The van der Waals surface area contributed by atoms with Crippen LogP contribution in [0.1, 0.15) is 24.5 Å². The van der Waals surface area contributed by atoms with Crippen molar-refractivity contribution >= 4 is 0 Å². The van der Waals surface area contributed by atoms with Gasteiger partial charge >= 0.3 is 0 Å². The third-order valence-corrected chi connectivity index (χ3v) is 6.37. The molecule has 7 nitrogen and oxygen atoms in total. The molecule has 2 atom stereocenters. The summed E-state index contributed by atoms with van der Waals surface area (Å²) in [6.07, 6.45) is 3.98. The van der Waals surface area contributed by atoms with Crippen molar-refractivity contribution in [3.8, 4) is 28.7 Å². The first-order valence-electron chi connectivity index (χ1n) is 12.4. The molecule has 36 heavy (non-hydrogen) atoms. The van der Waals surface area contributed by atoms with E-state index in [0.717, 1.165) is 56.0 Å². The van der Waals surface area contributed by atoms with Crippen molar-refractivity contribution in [2.45, 2.75) is 32.0 Å². The van der Waals surface area contributed by atoms with Crippen molar-refractivity contribution < 1.29 is 19.3 Å². The Balaban J connectivity index is 1.30. The number of aliphatic hydroxyl groups is 1. The van der Waals surface area contributed by atoms with Crippen LogP contribution in [0.2, 0.25) is 0 Å². The molecule has 1 aromatic heterocycles. The molecule has 1 saturated heterocycles. The van der Waals surface area contributed by atoms with Gasteiger partial charge in [0.2, 0.25) is 0 Å². The fourth-order valence-electron chi connectivity index (χ4n) is 4.15. The van der Waals surface area contributed by atoms with Crippen LogP contribution in [-0.2, 0) is 11.2 Å². The lowest BCUT2D eigenvalue weighted by molar-refractivity contribution is 0.0322. The quantitative estimate of drug-likeness (QED) is 0.436. The second kappa shape index (κ2) is 13.0. The lowest BCUT2D eigenvalue weighted by Crippen LogP contribution is -2.38. The molecule has 0 amide bonds. The van der Waals surface area contributed by atoms with Gasteiger partial charge < -0.3 is 19.3 Å². The first kappa shape index (κ1) is 25.6. The summed E-state index contributed by atoms with van der Waals surface area (Å²) in [7, 11) is 0. The van der Waals surface area contributed by atoms with Gasteiger partial charge in [0.1, 0.15) is 30.3 Å². The minimum absolute atomic E-state index is 0.341. The Morgan fingerprint density at radius 3 is 2.61 bits per heavy atom. The zero-order chi connectivity index (χ0) is 25.2. The first-order chi connectivity index (χ1) is 17.6. The number of aryl methyl sites for hydroxylation is 1. The maximum Gasteiger partial charge on any atom is 0.137 e.